The fraction of sp³-hybridized carbons (Fsp3) is 0.652. The summed E-state index contributed by atoms with van der Waals surface area (Å²) in [7, 11) is 0. The van der Waals surface area contributed by atoms with E-state index in [1.54, 1.807) is 12.1 Å². The summed E-state index contributed by atoms with van der Waals surface area (Å²) in [6.45, 7) is 5.90. The molecule has 4 nitrogen and oxygen atoms in total. The highest BCUT2D eigenvalue weighted by Gasteiger charge is 2.55. The van der Waals surface area contributed by atoms with Crippen molar-refractivity contribution in [2.45, 2.75) is 65.3 Å². The van der Waals surface area contributed by atoms with Gasteiger partial charge in [-0.25, -0.2) is 0 Å². The molecule has 0 spiro atoms. The molecule has 4 fully saturated rings. The summed E-state index contributed by atoms with van der Waals surface area (Å²) >= 11 is 6.08. The third kappa shape index (κ3) is 3.68. The third-order valence-electron chi connectivity index (χ3n) is 7.21. The third-order valence-corrected chi connectivity index (χ3v) is 7.45. The quantitative estimate of drug-likeness (QED) is 0.732. The summed E-state index contributed by atoms with van der Waals surface area (Å²) in [5.41, 5.74) is 1.41. The molecular weight excluding hydrogens is 372 g/mol. The lowest BCUT2D eigenvalue weighted by atomic mass is 9.49. The Bertz CT molecular complexity index is 754. The number of anilines is 1. The van der Waals surface area contributed by atoms with Gasteiger partial charge in [0.2, 0.25) is 11.8 Å². The highest BCUT2D eigenvalue weighted by Crippen LogP contribution is 2.60. The number of carbonyl (C=O) groups is 2. The maximum absolute atomic E-state index is 13.4. The minimum atomic E-state index is -0.543. The Morgan fingerprint density at radius 2 is 1.64 bits per heavy atom. The van der Waals surface area contributed by atoms with Gasteiger partial charge in [-0.2, -0.15) is 0 Å². The standard InChI is InChI=1S/C23H31ClN2O2/c1-13(2)20(21(27)25-19-9-18(24)5-4-14(19)3)26-22(28)23-10-15-6-16(11-23)8-17(7-15)12-23/h4-5,9,13,15-17,20H,6-8,10-12H2,1-3H3,(H,25,27)(H,26,28)/t15?,16?,17?,20-,23?/m1/s1. The maximum Gasteiger partial charge on any atom is 0.247 e. The summed E-state index contributed by atoms with van der Waals surface area (Å²) in [4.78, 5) is 26.4. The van der Waals surface area contributed by atoms with Crippen molar-refractivity contribution in [2.24, 2.45) is 29.1 Å². The molecule has 1 aromatic rings. The van der Waals surface area contributed by atoms with E-state index in [2.05, 4.69) is 10.6 Å². The zero-order chi connectivity index (χ0) is 20.1. The van der Waals surface area contributed by atoms with Gasteiger partial charge in [0.15, 0.2) is 0 Å². The maximum atomic E-state index is 13.4. The van der Waals surface area contributed by atoms with Crippen LogP contribution >= 0.6 is 11.6 Å². The van der Waals surface area contributed by atoms with Crippen molar-refractivity contribution in [2.75, 3.05) is 5.32 Å². The molecule has 0 saturated heterocycles. The number of hydrogen-bond acceptors (Lipinski definition) is 2. The summed E-state index contributed by atoms with van der Waals surface area (Å²) in [6.07, 6.45) is 6.91. The minimum absolute atomic E-state index is 0.0114. The lowest BCUT2D eigenvalue weighted by Gasteiger charge is -2.55. The van der Waals surface area contributed by atoms with Crippen LogP contribution in [0, 0.1) is 36.0 Å². The van der Waals surface area contributed by atoms with E-state index in [1.807, 2.05) is 26.8 Å². The molecule has 5 heteroatoms. The monoisotopic (exact) mass is 402 g/mol. The van der Waals surface area contributed by atoms with Crippen LogP contribution in [0.3, 0.4) is 0 Å². The number of halogens is 1. The zero-order valence-corrected chi connectivity index (χ0v) is 17.8. The largest absolute Gasteiger partial charge is 0.344 e. The highest BCUT2D eigenvalue weighted by molar-refractivity contribution is 6.31. The molecule has 4 bridgehead atoms. The van der Waals surface area contributed by atoms with E-state index in [1.165, 1.54) is 19.3 Å². The van der Waals surface area contributed by atoms with E-state index in [9.17, 15) is 9.59 Å². The van der Waals surface area contributed by atoms with E-state index in [0.717, 1.165) is 24.8 Å². The van der Waals surface area contributed by atoms with Crippen molar-refractivity contribution in [3.05, 3.63) is 28.8 Å². The number of aryl methyl sites for hydroxylation is 1. The van der Waals surface area contributed by atoms with Crippen LogP contribution in [-0.2, 0) is 9.59 Å². The van der Waals surface area contributed by atoms with Crippen LogP contribution in [0.25, 0.3) is 0 Å². The Labute approximate surface area is 172 Å². The number of nitrogens with one attached hydrogen (secondary N) is 2. The topological polar surface area (TPSA) is 58.2 Å². The van der Waals surface area contributed by atoms with Gasteiger partial charge in [-0.3, -0.25) is 9.59 Å². The van der Waals surface area contributed by atoms with Gasteiger partial charge in [0.1, 0.15) is 6.04 Å². The van der Waals surface area contributed by atoms with Gasteiger partial charge >= 0.3 is 0 Å². The van der Waals surface area contributed by atoms with E-state index in [0.29, 0.717) is 28.5 Å². The van der Waals surface area contributed by atoms with Crippen molar-refractivity contribution in [1.29, 1.82) is 0 Å². The molecule has 28 heavy (non-hydrogen) atoms. The first-order valence-corrected chi connectivity index (χ1v) is 11.0. The molecule has 1 atom stereocenters. The van der Waals surface area contributed by atoms with Crippen LogP contribution in [-0.4, -0.2) is 17.9 Å². The second-order valence-corrected chi connectivity index (χ2v) is 10.3. The number of benzene rings is 1. The molecule has 152 valence electrons. The van der Waals surface area contributed by atoms with Gasteiger partial charge < -0.3 is 10.6 Å². The molecule has 2 amide bonds. The van der Waals surface area contributed by atoms with Gasteiger partial charge in [-0.1, -0.05) is 31.5 Å². The van der Waals surface area contributed by atoms with Gasteiger partial charge in [0, 0.05) is 16.1 Å². The first-order chi connectivity index (χ1) is 13.3. The van der Waals surface area contributed by atoms with Crippen LogP contribution in [0.2, 0.25) is 5.02 Å². The second kappa shape index (κ2) is 7.37. The molecule has 0 aliphatic heterocycles. The Hall–Kier alpha value is -1.55. The average Bonchev–Trinajstić information content (AvgIpc) is 2.61. The number of carbonyl (C=O) groups excluding carboxylic acids is 2. The Balaban J connectivity index is 1.48. The van der Waals surface area contributed by atoms with E-state index >= 15 is 0 Å². The molecule has 4 saturated carbocycles. The Kier molecular flexibility index (Phi) is 5.20. The number of hydrogen-bond donors (Lipinski definition) is 2. The molecule has 2 N–H and O–H groups in total. The van der Waals surface area contributed by atoms with Crippen molar-refractivity contribution >= 4 is 29.1 Å². The molecule has 4 aliphatic rings. The highest BCUT2D eigenvalue weighted by atomic mass is 35.5. The molecular formula is C23H31ClN2O2. The smallest absolute Gasteiger partial charge is 0.247 e. The average molecular weight is 403 g/mol. The van der Waals surface area contributed by atoms with Gasteiger partial charge in [-0.05, 0) is 86.8 Å². The van der Waals surface area contributed by atoms with Crippen LogP contribution < -0.4 is 10.6 Å². The Morgan fingerprint density at radius 3 is 2.18 bits per heavy atom. The molecule has 0 heterocycles. The molecule has 0 radical (unpaired) electrons. The van der Waals surface area contributed by atoms with Crippen LogP contribution in [0.5, 0.6) is 0 Å². The molecule has 1 aromatic carbocycles. The lowest BCUT2D eigenvalue weighted by molar-refractivity contribution is -0.148. The SMILES string of the molecule is Cc1ccc(Cl)cc1NC(=O)[C@H](NC(=O)C12CC3CC(CC(C3)C1)C2)C(C)C. The summed E-state index contributed by atoms with van der Waals surface area (Å²) in [5, 5.41) is 6.70. The fourth-order valence-electron chi connectivity index (χ4n) is 6.16. The summed E-state index contributed by atoms with van der Waals surface area (Å²) in [5.74, 6) is 2.06. The van der Waals surface area contributed by atoms with Crippen molar-refractivity contribution < 1.29 is 9.59 Å². The molecule has 0 unspecified atom stereocenters. The van der Waals surface area contributed by atoms with Crippen LogP contribution in [0.1, 0.15) is 57.9 Å². The number of amides is 2. The van der Waals surface area contributed by atoms with E-state index < -0.39 is 6.04 Å². The van der Waals surface area contributed by atoms with Crippen molar-refractivity contribution in [3.63, 3.8) is 0 Å². The predicted octanol–water partition coefficient (Wildman–Crippen LogP) is 4.94. The summed E-state index contributed by atoms with van der Waals surface area (Å²) < 4.78 is 0. The van der Waals surface area contributed by atoms with E-state index in [4.69, 9.17) is 11.6 Å². The van der Waals surface area contributed by atoms with Gasteiger partial charge in [0.05, 0.1) is 0 Å². The van der Waals surface area contributed by atoms with Crippen LogP contribution in [0.15, 0.2) is 18.2 Å². The molecule has 4 aliphatic carbocycles. The zero-order valence-electron chi connectivity index (χ0n) is 17.1. The predicted molar refractivity (Wildman–Crippen MR) is 112 cm³/mol. The lowest BCUT2D eigenvalue weighted by Crippen LogP contribution is -2.57. The van der Waals surface area contributed by atoms with Crippen molar-refractivity contribution in [1.82, 2.24) is 5.32 Å². The van der Waals surface area contributed by atoms with Crippen molar-refractivity contribution in [3.8, 4) is 0 Å². The normalized spacial score (nSPS) is 31.7. The van der Waals surface area contributed by atoms with Crippen LogP contribution in [0.4, 0.5) is 5.69 Å². The minimum Gasteiger partial charge on any atom is -0.344 e. The fourth-order valence-corrected chi connectivity index (χ4v) is 6.33. The van der Waals surface area contributed by atoms with Gasteiger partial charge in [0.25, 0.3) is 0 Å². The first-order valence-electron chi connectivity index (χ1n) is 10.6. The first kappa shape index (κ1) is 19.8. The number of rotatable bonds is 5. The molecule has 5 rings (SSSR count). The van der Waals surface area contributed by atoms with Gasteiger partial charge in [-0.15, -0.1) is 0 Å². The summed E-state index contributed by atoms with van der Waals surface area (Å²) in [6, 6.07) is 4.91. The Morgan fingerprint density at radius 1 is 1.07 bits per heavy atom. The second-order valence-electron chi connectivity index (χ2n) is 9.84. The molecule has 0 aromatic heterocycles. The van der Waals surface area contributed by atoms with E-state index in [-0.39, 0.29) is 23.1 Å².